The molecule has 3 N–H and O–H groups in total. The molecule has 2 heterocycles. The Hall–Kier alpha value is -3.04. The number of carbonyl (C=O) groups is 2. The molecule has 1 aromatic carbocycles. The van der Waals surface area contributed by atoms with Crippen molar-refractivity contribution in [3.05, 3.63) is 74.4 Å². The van der Waals surface area contributed by atoms with E-state index in [1.54, 1.807) is 5.38 Å². The predicted octanol–water partition coefficient (Wildman–Crippen LogP) is 3.06. The normalized spacial score (nSPS) is 10.4. The first-order valence-corrected chi connectivity index (χ1v) is 8.86. The van der Waals surface area contributed by atoms with Gasteiger partial charge in [0, 0.05) is 23.3 Å². The number of nitrogens with one attached hydrogen (secondary N) is 3. The molecule has 0 aliphatic carbocycles. The van der Waals surface area contributed by atoms with Gasteiger partial charge in [0.25, 0.3) is 5.91 Å². The molecule has 0 bridgehead atoms. The highest BCUT2D eigenvalue weighted by Crippen LogP contribution is 2.20. The van der Waals surface area contributed by atoms with Crippen LogP contribution in [0, 0.1) is 5.82 Å². The Bertz CT molecular complexity index is 1050. The number of nitrogens with zero attached hydrogens (tertiary/aromatic N) is 1. The van der Waals surface area contributed by atoms with Crippen LogP contribution in [0.1, 0.15) is 16.1 Å². The van der Waals surface area contributed by atoms with Gasteiger partial charge in [0.05, 0.1) is 22.7 Å². The summed E-state index contributed by atoms with van der Waals surface area (Å²) in [6.07, 6.45) is 1.27. The third-order valence-corrected chi connectivity index (χ3v) is 4.46. The molecule has 0 saturated heterocycles. The Morgan fingerprint density at radius 2 is 2.04 bits per heavy atom. The molecule has 3 rings (SSSR count). The van der Waals surface area contributed by atoms with Gasteiger partial charge in [0.2, 0.25) is 11.5 Å². The van der Waals surface area contributed by atoms with E-state index in [4.69, 9.17) is 11.6 Å². The van der Waals surface area contributed by atoms with Crippen LogP contribution in [-0.2, 0) is 11.2 Å². The zero-order chi connectivity index (χ0) is 19.4. The number of benzene rings is 1. The van der Waals surface area contributed by atoms with E-state index in [1.165, 1.54) is 30.5 Å². The largest absolute Gasteiger partial charge is 0.328 e. The molecule has 0 unspecified atom stereocenters. The number of thiazole rings is 1. The highest BCUT2D eigenvalue weighted by molar-refractivity contribution is 7.14. The molecule has 0 aliphatic rings. The van der Waals surface area contributed by atoms with Crippen LogP contribution in [0.25, 0.3) is 0 Å². The lowest BCUT2D eigenvalue weighted by molar-refractivity contribution is -0.115. The fourth-order valence-corrected chi connectivity index (χ4v) is 3.00. The molecule has 0 radical (unpaired) electrons. The first-order chi connectivity index (χ1) is 12.9. The molecule has 0 saturated carbocycles. The van der Waals surface area contributed by atoms with Crippen LogP contribution in [-0.4, -0.2) is 21.8 Å². The number of rotatable bonds is 5. The first-order valence-electron chi connectivity index (χ1n) is 7.60. The first kappa shape index (κ1) is 18.7. The van der Waals surface area contributed by atoms with Gasteiger partial charge in [-0.05, 0) is 24.3 Å². The van der Waals surface area contributed by atoms with Gasteiger partial charge < -0.3 is 10.3 Å². The van der Waals surface area contributed by atoms with Gasteiger partial charge in [0.15, 0.2) is 5.13 Å². The van der Waals surface area contributed by atoms with Crippen LogP contribution < -0.4 is 16.2 Å². The van der Waals surface area contributed by atoms with Crippen molar-refractivity contribution in [2.45, 2.75) is 6.42 Å². The summed E-state index contributed by atoms with van der Waals surface area (Å²) >= 11 is 6.83. The molecular formula is C17H12ClFN4O3S. The molecule has 138 valence electrons. The zero-order valence-corrected chi connectivity index (χ0v) is 15.2. The van der Waals surface area contributed by atoms with Crippen molar-refractivity contribution in [1.29, 1.82) is 0 Å². The number of anilines is 2. The summed E-state index contributed by atoms with van der Waals surface area (Å²) in [6.45, 7) is 0. The fraction of sp³-hybridized carbons (Fsp3) is 0.0588. The average Bonchev–Trinajstić information content (AvgIpc) is 3.05. The van der Waals surface area contributed by atoms with Gasteiger partial charge in [-0.15, -0.1) is 11.3 Å². The second kappa shape index (κ2) is 8.11. The summed E-state index contributed by atoms with van der Waals surface area (Å²) in [4.78, 5) is 41.7. The van der Waals surface area contributed by atoms with E-state index in [0.717, 1.165) is 17.4 Å². The molecule has 3 aromatic rings. The van der Waals surface area contributed by atoms with Crippen LogP contribution in [0.3, 0.4) is 0 Å². The molecule has 27 heavy (non-hydrogen) atoms. The van der Waals surface area contributed by atoms with Gasteiger partial charge in [-0.3, -0.25) is 19.7 Å². The molecule has 10 heteroatoms. The summed E-state index contributed by atoms with van der Waals surface area (Å²) in [5.74, 6) is -1.36. The SMILES string of the molecule is O=C(Cc1csc(NC(=O)c2ccc(=O)[nH]c2)n1)Nc1ccc(F)c(Cl)c1. The third kappa shape index (κ3) is 4.99. The van der Waals surface area contributed by atoms with E-state index >= 15 is 0 Å². The van der Waals surface area contributed by atoms with E-state index in [2.05, 4.69) is 20.6 Å². The van der Waals surface area contributed by atoms with Crippen LogP contribution in [0.15, 0.2) is 46.7 Å². The zero-order valence-electron chi connectivity index (χ0n) is 13.6. The van der Waals surface area contributed by atoms with Crippen molar-refractivity contribution in [2.24, 2.45) is 0 Å². The van der Waals surface area contributed by atoms with Crippen LogP contribution >= 0.6 is 22.9 Å². The average molecular weight is 407 g/mol. The molecule has 0 spiro atoms. The van der Waals surface area contributed by atoms with Gasteiger partial charge in [0.1, 0.15) is 5.82 Å². The van der Waals surface area contributed by atoms with Gasteiger partial charge in [-0.25, -0.2) is 9.37 Å². The van der Waals surface area contributed by atoms with E-state index in [9.17, 15) is 18.8 Å². The number of carbonyl (C=O) groups excluding carboxylic acids is 2. The number of aromatic amines is 1. The number of aromatic nitrogens is 2. The van der Waals surface area contributed by atoms with Crippen LogP contribution in [0.2, 0.25) is 5.02 Å². The van der Waals surface area contributed by atoms with E-state index in [1.807, 2.05) is 0 Å². The maximum atomic E-state index is 13.1. The summed E-state index contributed by atoms with van der Waals surface area (Å²) in [5.41, 5.74) is 0.796. The summed E-state index contributed by atoms with van der Waals surface area (Å²) in [6, 6.07) is 6.51. The topological polar surface area (TPSA) is 104 Å². The standard InChI is InChI=1S/C17H12ClFN4O3S/c18-12-5-10(2-3-13(12)19)21-15(25)6-11-8-27-17(22-11)23-16(26)9-1-4-14(24)20-7-9/h1-5,7-8H,6H2,(H,20,24)(H,21,25)(H,22,23,26). The molecule has 0 atom stereocenters. The maximum absolute atomic E-state index is 13.1. The van der Waals surface area contributed by atoms with Crippen LogP contribution in [0.5, 0.6) is 0 Å². The molecule has 7 nitrogen and oxygen atoms in total. The summed E-state index contributed by atoms with van der Waals surface area (Å²) < 4.78 is 13.1. The fourth-order valence-electron chi connectivity index (χ4n) is 2.11. The lowest BCUT2D eigenvalue weighted by Gasteiger charge is -2.05. The van der Waals surface area contributed by atoms with Crippen molar-refractivity contribution in [1.82, 2.24) is 9.97 Å². The van der Waals surface area contributed by atoms with Crippen molar-refractivity contribution in [3.63, 3.8) is 0 Å². The highest BCUT2D eigenvalue weighted by Gasteiger charge is 2.12. The third-order valence-electron chi connectivity index (χ3n) is 3.36. The summed E-state index contributed by atoms with van der Waals surface area (Å²) in [5, 5.41) is 7.05. The van der Waals surface area contributed by atoms with Crippen LogP contribution in [0.4, 0.5) is 15.2 Å². The smallest absolute Gasteiger partial charge is 0.258 e. The Labute approximate surface area is 161 Å². The number of amides is 2. The Balaban J connectivity index is 1.59. The highest BCUT2D eigenvalue weighted by atomic mass is 35.5. The van der Waals surface area contributed by atoms with Crippen molar-refractivity contribution < 1.29 is 14.0 Å². The van der Waals surface area contributed by atoms with Crippen molar-refractivity contribution in [2.75, 3.05) is 10.6 Å². The maximum Gasteiger partial charge on any atom is 0.258 e. The number of hydrogen-bond donors (Lipinski definition) is 3. The second-order valence-electron chi connectivity index (χ2n) is 5.39. The number of hydrogen-bond acceptors (Lipinski definition) is 5. The second-order valence-corrected chi connectivity index (χ2v) is 6.66. The molecule has 2 amide bonds. The number of H-pyrrole nitrogens is 1. The van der Waals surface area contributed by atoms with E-state index in [-0.39, 0.29) is 28.5 Å². The van der Waals surface area contributed by atoms with E-state index < -0.39 is 11.7 Å². The van der Waals surface area contributed by atoms with E-state index in [0.29, 0.717) is 16.5 Å². The quantitative estimate of drug-likeness (QED) is 0.605. The minimum Gasteiger partial charge on any atom is -0.328 e. The molecule has 0 aliphatic heterocycles. The van der Waals surface area contributed by atoms with Gasteiger partial charge in [-0.2, -0.15) is 0 Å². The predicted molar refractivity (Wildman–Crippen MR) is 101 cm³/mol. The number of pyridine rings is 1. The van der Waals surface area contributed by atoms with Gasteiger partial charge in [-0.1, -0.05) is 11.6 Å². The summed E-state index contributed by atoms with van der Waals surface area (Å²) in [7, 11) is 0. The Kier molecular flexibility index (Phi) is 5.63. The monoisotopic (exact) mass is 406 g/mol. The lowest BCUT2D eigenvalue weighted by Crippen LogP contribution is -2.16. The van der Waals surface area contributed by atoms with Crippen molar-refractivity contribution in [3.8, 4) is 0 Å². The van der Waals surface area contributed by atoms with Crippen molar-refractivity contribution >= 4 is 45.6 Å². The minimum absolute atomic E-state index is 0.0278. The molecule has 2 aromatic heterocycles. The Morgan fingerprint density at radius 3 is 2.74 bits per heavy atom. The molecular weight excluding hydrogens is 395 g/mol. The Morgan fingerprint density at radius 1 is 1.22 bits per heavy atom. The number of halogens is 2. The minimum atomic E-state index is -0.572. The molecule has 0 fully saturated rings. The van der Waals surface area contributed by atoms with Gasteiger partial charge >= 0.3 is 0 Å². The lowest BCUT2D eigenvalue weighted by atomic mass is 10.2.